The van der Waals surface area contributed by atoms with Crippen LogP contribution in [0, 0.1) is 19.3 Å². The maximum absolute atomic E-state index is 4.33. The van der Waals surface area contributed by atoms with Crippen molar-refractivity contribution in [3.63, 3.8) is 0 Å². The molecule has 0 fully saturated rings. The molecular weight excluding hydrogens is 238 g/mol. The van der Waals surface area contributed by atoms with Crippen molar-refractivity contribution >= 4 is 11.5 Å². The van der Waals surface area contributed by atoms with Gasteiger partial charge in [0.25, 0.3) is 0 Å². The molecule has 1 heterocycles. The Bertz CT molecular complexity index is 546. The maximum Gasteiger partial charge on any atom is 0.0555 e. The summed E-state index contributed by atoms with van der Waals surface area (Å²) in [7, 11) is 0. The summed E-state index contributed by atoms with van der Waals surface area (Å²) in [6.07, 6.45) is 1.08. The summed E-state index contributed by atoms with van der Waals surface area (Å²) in [5.41, 5.74) is 5.05. The van der Waals surface area contributed by atoms with Crippen molar-refractivity contribution < 1.29 is 0 Å². The van der Waals surface area contributed by atoms with E-state index in [-0.39, 0.29) is 0 Å². The minimum atomic E-state index is 0.315. The van der Waals surface area contributed by atoms with Gasteiger partial charge in [0.05, 0.1) is 10.6 Å². The Balaban J connectivity index is 2.31. The largest absolute Gasteiger partial charge is 0.197 e. The second-order valence-electron chi connectivity index (χ2n) is 6.06. The number of aryl methyl sites for hydroxylation is 1. The minimum Gasteiger partial charge on any atom is -0.197 e. The van der Waals surface area contributed by atoms with Gasteiger partial charge in [-0.3, -0.25) is 0 Å². The molecule has 0 unspecified atom stereocenters. The summed E-state index contributed by atoms with van der Waals surface area (Å²) < 4.78 is 4.33. The molecule has 0 N–H and O–H groups in total. The fraction of sp³-hybridized carbons (Fsp3) is 0.375. The van der Waals surface area contributed by atoms with Crippen LogP contribution in [0.2, 0.25) is 0 Å². The maximum atomic E-state index is 4.33. The van der Waals surface area contributed by atoms with Crippen LogP contribution < -0.4 is 0 Å². The van der Waals surface area contributed by atoms with Gasteiger partial charge >= 0.3 is 0 Å². The van der Waals surface area contributed by atoms with Gasteiger partial charge in [-0.2, -0.15) is 4.37 Å². The molecule has 1 radical (unpaired) electrons. The molecule has 1 aromatic carbocycles. The Morgan fingerprint density at radius 1 is 1.22 bits per heavy atom. The van der Waals surface area contributed by atoms with Crippen molar-refractivity contribution in [2.75, 3.05) is 0 Å². The first kappa shape index (κ1) is 13.3. The Morgan fingerprint density at radius 3 is 2.44 bits per heavy atom. The monoisotopic (exact) mass is 258 g/mol. The molecule has 0 aliphatic rings. The molecule has 2 rings (SSSR count). The Morgan fingerprint density at radius 2 is 1.94 bits per heavy atom. The van der Waals surface area contributed by atoms with Crippen LogP contribution in [0.3, 0.4) is 0 Å². The van der Waals surface area contributed by atoms with Gasteiger partial charge in [0.15, 0.2) is 0 Å². The molecule has 95 valence electrons. The Labute approximate surface area is 114 Å². The number of nitrogens with zero attached hydrogens (tertiary/aromatic N) is 1. The fourth-order valence-electron chi connectivity index (χ4n) is 2.10. The third-order valence-electron chi connectivity index (χ3n) is 2.80. The lowest BCUT2D eigenvalue weighted by Gasteiger charge is -2.18. The second-order valence-corrected chi connectivity index (χ2v) is 6.87. The highest BCUT2D eigenvalue weighted by molar-refractivity contribution is 7.09. The quantitative estimate of drug-likeness (QED) is 0.747. The average molecular weight is 258 g/mol. The van der Waals surface area contributed by atoms with Crippen molar-refractivity contribution in [3.8, 4) is 10.4 Å². The molecular formula is C16H20NS. The van der Waals surface area contributed by atoms with Gasteiger partial charge < -0.3 is 0 Å². The van der Waals surface area contributed by atoms with Gasteiger partial charge in [0.2, 0.25) is 0 Å². The number of hydrogen-bond acceptors (Lipinski definition) is 2. The number of benzene rings is 1. The van der Waals surface area contributed by atoms with Crippen LogP contribution in [0.25, 0.3) is 10.4 Å². The van der Waals surface area contributed by atoms with E-state index in [4.69, 9.17) is 0 Å². The smallest absolute Gasteiger partial charge is 0.0555 e. The SMILES string of the molecule is [CH2]c1cc(CC(C)(C)C)ccc1-c1cc(C)ns1. The van der Waals surface area contributed by atoms with Gasteiger partial charge in [-0.05, 0) is 60.0 Å². The zero-order valence-corrected chi connectivity index (χ0v) is 12.4. The third-order valence-corrected chi connectivity index (χ3v) is 3.71. The summed E-state index contributed by atoms with van der Waals surface area (Å²) in [5.74, 6) is 0. The molecule has 0 bridgehead atoms. The van der Waals surface area contributed by atoms with Crippen LogP contribution >= 0.6 is 11.5 Å². The van der Waals surface area contributed by atoms with Crippen molar-refractivity contribution in [1.82, 2.24) is 4.37 Å². The highest BCUT2D eigenvalue weighted by Gasteiger charge is 2.12. The highest BCUT2D eigenvalue weighted by Crippen LogP contribution is 2.30. The van der Waals surface area contributed by atoms with E-state index in [9.17, 15) is 0 Å². The normalized spacial score (nSPS) is 11.8. The molecule has 2 aromatic rings. The van der Waals surface area contributed by atoms with Crippen LogP contribution in [-0.2, 0) is 6.42 Å². The molecule has 0 atom stereocenters. The van der Waals surface area contributed by atoms with Crippen molar-refractivity contribution in [2.45, 2.75) is 34.1 Å². The van der Waals surface area contributed by atoms with Gasteiger partial charge in [0, 0.05) is 0 Å². The summed E-state index contributed by atoms with van der Waals surface area (Å²) in [6, 6.07) is 8.72. The predicted molar refractivity (Wildman–Crippen MR) is 79.9 cm³/mol. The molecule has 0 aliphatic heterocycles. The van der Waals surface area contributed by atoms with Gasteiger partial charge in [-0.15, -0.1) is 0 Å². The van der Waals surface area contributed by atoms with Crippen LogP contribution in [-0.4, -0.2) is 4.37 Å². The molecule has 0 amide bonds. The van der Waals surface area contributed by atoms with Crippen molar-refractivity contribution in [2.24, 2.45) is 5.41 Å². The van der Waals surface area contributed by atoms with E-state index in [1.165, 1.54) is 16.0 Å². The van der Waals surface area contributed by atoms with Crippen LogP contribution in [0.4, 0.5) is 0 Å². The summed E-state index contributed by atoms with van der Waals surface area (Å²) in [4.78, 5) is 1.21. The standard InChI is InChI=1S/C16H20NS/c1-11-8-13(10-16(3,4)5)6-7-14(11)15-9-12(2)17-18-15/h6-9H,1,10H2,2-5H3. The van der Waals surface area contributed by atoms with Gasteiger partial charge in [-0.1, -0.05) is 39.0 Å². The molecule has 18 heavy (non-hydrogen) atoms. The first-order valence-electron chi connectivity index (χ1n) is 6.24. The Hall–Kier alpha value is -1.15. The fourth-order valence-corrected chi connectivity index (χ4v) is 2.92. The van der Waals surface area contributed by atoms with E-state index in [1.54, 1.807) is 11.5 Å². The first-order chi connectivity index (χ1) is 8.35. The van der Waals surface area contributed by atoms with E-state index >= 15 is 0 Å². The molecule has 1 nitrogen and oxygen atoms in total. The topological polar surface area (TPSA) is 12.9 Å². The van der Waals surface area contributed by atoms with E-state index in [0.29, 0.717) is 5.41 Å². The molecule has 1 aromatic heterocycles. The summed E-state index contributed by atoms with van der Waals surface area (Å²) >= 11 is 1.55. The zero-order valence-electron chi connectivity index (χ0n) is 11.6. The predicted octanol–water partition coefficient (Wildman–Crippen LogP) is 4.89. The first-order valence-corrected chi connectivity index (χ1v) is 7.01. The van der Waals surface area contributed by atoms with Crippen LogP contribution in [0.1, 0.15) is 37.6 Å². The Kier molecular flexibility index (Phi) is 3.58. The average Bonchev–Trinajstić information content (AvgIpc) is 2.62. The number of aromatic nitrogens is 1. The highest BCUT2D eigenvalue weighted by atomic mass is 32.1. The lowest BCUT2D eigenvalue weighted by Crippen LogP contribution is -2.09. The zero-order chi connectivity index (χ0) is 13.3. The molecule has 0 spiro atoms. The van der Waals surface area contributed by atoms with Crippen LogP contribution in [0.15, 0.2) is 24.3 Å². The van der Waals surface area contributed by atoms with Gasteiger partial charge in [0.1, 0.15) is 0 Å². The number of hydrogen-bond donors (Lipinski definition) is 0. The van der Waals surface area contributed by atoms with E-state index in [0.717, 1.165) is 17.7 Å². The lowest BCUT2D eigenvalue weighted by molar-refractivity contribution is 0.411. The molecule has 0 aliphatic carbocycles. The second kappa shape index (κ2) is 4.85. The van der Waals surface area contributed by atoms with E-state index < -0.39 is 0 Å². The summed E-state index contributed by atoms with van der Waals surface area (Å²) in [5, 5.41) is 0. The number of rotatable bonds is 2. The van der Waals surface area contributed by atoms with Gasteiger partial charge in [-0.25, -0.2) is 0 Å². The van der Waals surface area contributed by atoms with E-state index in [2.05, 4.69) is 56.3 Å². The third kappa shape index (κ3) is 3.20. The minimum absolute atomic E-state index is 0.315. The van der Waals surface area contributed by atoms with Crippen LogP contribution in [0.5, 0.6) is 0 Å². The lowest BCUT2D eigenvalue weighted by atomic mass is 9.87. The molecule has 0 saturated heterocycles. The van der Waals surface area contributed by atoms with E-state index in [1.807, 2.05) is 6.92 Å². The van der Waals surface area contributed by atoms with Crippen molar-refractivity contribution in [1.29, 1.82) is 0 Å². The summed E-state index contributed by atoms with van der Waals surface area (Å²) in [6.45, 7) is 13.0. The molecule has 2 heteroatoms. The van der Waals surface area contributed by atoms with Crippen molar-refractivity contribution in [3.05, 3.63) is 48.0 Å². The molecule has 0 saturated carbocycles.